The van der Waals surface area contributed by atoms with Crippen LogP contribution in [-0.2, 0) is 15.9 Å². The van der Waals surface area contributed by atoms with Gasteiger partial charge in [0.2, 0.25) is 0 Å². The van der Waals surface area contributed by atoms with E-state index in [1.165, 1.54) is 5.56 Å². The lowest BCUT2D eigenvalue weighted by molar-refractivity contribution is 0.00578. The molecule has 0 saturated carbocycles. The van der Waals surface area contributed by atoms with Crippen molar-refractivity contribution in [2.75, 3.05) is 19.6 Å². The van der Waals surface area contributed by atoms with Crippen LogP contribution in [0.15, 0.2) is 24.3 Å². The minimum Gasteiger partial charge on any atom is -0.465 e. The smallest absolute Gasteiger partial charge is 0.465 e. The van der Waals surface area contributed by atoms with Crippen LogP contribution in [0.1, 0.15) is 54.0 Å². The maximum Gasteiger partial charge on any atom is 0.494 e. The van der Waals surface area contributed by atoms with E-state index in [0.29, 0.717) is 6.54 Å². The third-order valence-electron chi connectivity index (χ3n) is 6.62. The number of hydrogen-bond acceptors (Lipinski definition) is 4. The predicted molar refractivity (Wildman–Crippen MR) is 115 cm³/mol. The monoisotopic (exact) mass is 402 g/mol. The number of rotatable bonds is 3. The lowest BCUT2D eigenvalue weighted by Crippen LogP contribution is -2.59. The number of piperazine rings is 1. The van der Waals surface area contributed by atoms with E-state index in [9.17, 15) is 9.90 Å². The molecule has 1 aromatic rings. The molecule has 0 bridgehead atoms. The van der Waals surface area contributed by atoms with Gasteiger partial charge in [0.15, 0.2) is 0 Å². The van der Waals surface area contributed by atoms with Gasteiger partial charge in [-0.1, -0.05) is 45.0 Å². The van der Waals surface area contributed by atoms with Crippen LogP contribution in [0.25, 0.3) is 0 Å². The van der Waals surface area contributed by atoms with Gasteiger partial charge in [-0.25, -0.2) is 4.79 Å². The van der Waals surface area contributed by atoms with Gasteiger partial charge < -0.3 is 19.3 Å². The second kappa shape index (κ2) is 7.60. The fraction of sp³-hybridized carbons (Fsp3) is 0.682. The van der Waals surface area contributed by atoms with Gasteiger partial charge in [0.05, 0.1) is 17.2 Å². The molecule has 0 aromatic heterocycles. The Morgan fingerprint density at radius 3 is 2.14 bits per heavy atom. The summed E-state index contributed by atoms with van der Waals surface area (Å²) in [7, 11) is -0.349. The summed E-state index contributed by atoms with van der Waals surface area (Å²) in [5.74, 6) is 0. The standard InChI is InChI=1S/C22H35BN2O4/c1-20(2,3)18-15-24(12-13-25(18)19(26)27)14-16-8-10-17(11-9-16)23-28-21(4,5)22(6,7)29-23/h8-11,18H,12-15H2,1-7H3,(H,26,27). The van der Waals surface area contributed by atoms with E-state index in [4.69, 9.17) is 9.31 Å². The van der Waals surface area contributed by atoms with Gasteiger partial charge in [0.1, 0.15) is 0 Å². The molecule has 7 heteroatoms. The molecule has 2 heterocycles. The molecule has 1 amide bonds. The fourth-order valence-corrected chi connectivity index (χ4v) is 3.97. The van der Waals surface area contributed by atoms with Crippen LogP contribution in [-0.4, -0.2) is 65.0 Å². The van der Waals surface area contributed by atoms with Crippen LogP contribution in [0.5, 0.6) is 0 Å². The summed E-state index contributed by atoms with van der Waals surface area (Å²) in [4.78, 5) is 15.6. The van der Waals surface area contributed by atoms with Gasteiger partial charge in [0, 0.05) is 26.2 Å². The van der Waals surface area contributed by atoms with Gasteiger partial charge in [0.25, 0.3) is 0 Å². The lowest BCUT2D eigenvalue weighted by atomic mass is 9.79. The van der Waals surface area contributed by atoms with E-state index >= 15 is 0 Å². The summed E-state index contributed by atoms with van der Waals surface area (Å²) in [6.07, 6.45) is -0.823. The van der Waals surface area contributed by atoms with Crippen LogP contribution in [0.2, 0.25) is 0 Å². The molecular weight excluding hydrogens is 367 g/mol. The van der Waals surface area contributed by atoms with Crippen molar-refractivity contribution in [3.8, 4) is 0 Å². The zero-order chi connectivity index (χ0) is 21.6. The van der Waals surface area contributed by atoms with Crippen molar-refractivity contribution in [1.82, 2.24) is 9.80 Å². The van der Waals surface area contributed by atoms with Gasteiger partial charge >= 0.3 is 13.2 Å². The molecule has 2 saturated heterocycles. The Balaban J connectivity index is 1.65. The first-order valence-corrected chi connectivity index (χ1v) is 10.5. The van der Waals surface area contributed by atoms with Crippen molar-refractivity contribution in [1.29, 1.82) is 0 Å². The molecule has 0 aliphatic carbocycles. The number of nitrogens with zero attached hydrogens (tertiary/aromatic N) is 2. The number of carboxylic acid groups (broad SMARTS) is 1. The van der Waals surface area contributed by atoms with E-state index in [1.807, 2.05) is 0 Å². The van der Waals surface area contributed by atoms with Crippen LogP contribution < -0.4 is 5.46 Å². The zero-order valence-electron chi connectivity index (χ0n) is 18.9. The Morgan fingerprint density at radius 2 is 1.66 bits per heavy atom. The highest BCUT2D eigenvalue weighted by Gasteiger charge is 2.51. The molecule has 1 atom stereocenters. The average Bonchev–Trinajstić information content (AvgIpc) is 2.82. The average molecular weight is 402 g/mol. The summed E-state index contributed by atoms with van der Waals surface area (Å²) in [6.45, 7) is 17.4. The molecule has 0 spiro atoms. The Bertz CT molecular complexity index is 726. The summed E-state index contributed by atoms with van der Waals surface area (Å²) < 4.78 is 12.3. The Hall–Kier alpha value is -1.57. The molecule has 1 aromatic carbocycles. The van der Waals surface area contributed by atoms with Crippen molar-refractivity contribution in [2.45, 2.75) is 72.3 Å². The van der Waals surface area contributed by atoms with Crippen molar-refractivity contribution < 1.29 is 19.2 Å². The fourth-order valence-electron chi connectivity index (χ4n) is 3.97. The highest BCUT2D eigenvalue weighted by Crippen LogP contribution is 2.36. The van der Waals surface area contributed by atoms with Gasteiger partial charge in [-0.05, 0) is 44.1 Å². The maximum absolute atomic E-state index is 11.6. The molecule has 2 aliphatic rings. The summed E-state index contributed by atoms with van der Waals surface area (Å²) in [5, 5.41) is 9.54. The Kier molecular flexibility index (Phi) is 5.80. The molecule has 1 unspecified atom stereocenters. The second-order valence-corrected chi connectivity index (χ2v) is 10.4. The SMILES string of the molecule is CC(C)(C)C1CN(Cc2ccc(B3OC(C)(C)C(C)(C)O3)cc2)CCN1C(=O)O. The Morgan fingerprint density at radius 1 is 1.10 bits per heavy atom. The largest absolute Gasteiger partial charge is 0.494 e. The van der Waals surface area contributed by atoms with Crippen molar-refractivity contribution >= 4 is 18.7 Å². The first kappa shape index (κ1) is 22.1. The van der Waals surface area contributed by atoms with Crippen LogP contribution in [0.3, 0.4) is 0 Å². The van der Waals surface area contributed by atoms with Crippen LogP contribution in [0, 0.1) is 5.41 Å². The van der Waals surface area contributed by atoms with Gasteiger partial charge in [-0.3, -0.25) is 4.90 Å². The number of amides is 1. The first-order chi connectivity index (χ1) is 13.3. The number of benzene rings is 1. The molecule has 29 heavy (non-hydrogen) atoms. The molecule has 1 N–H and O–H groups in total. The molecule has 3 rings (SSSR count). The van der Waals surface area contributed by atoms with Crippen molar-refractivity contribution in [2.24, 2.45) is 5.41 Å². The first-order valence-electron chi connectivity index (χ1n) is 10.5. The lowest BCUT2D eigenvalue weighted by Gasteiger charge is -2.46. The van der Waals surface area contributed by atoms with Crippen LogP contribution in [0.4, 0.5) is 4.79 Å². The Labute approximate surface area is 175 Å². The molecule has 160 valence electrons. The number of hydrogen-bond donors (Lipinski definition) is 1. The number of carbonyl (C=O) groups is 1. The predicted octanol–water partition coefficient (Wildman–Crippen LogP) is 3.20. The summed E-state index contributed by atoms with van der Waals surface area (Å²) in [5.41, 5.74) is 1.44. The van der Waals surface area contributed by atoms with E-state index in [1.54, 1.807) is 4.90 Å². The third-order valence-corrected chi connectivity index (χ3v) is 6.62. The second-order valence-electron chi connectivity index (χ2n) is 10.4. The highest BCUT2D eigenvalue weighted by molar-refractivity contribution is 6.62. The minimum absolute atomic E-state index is 0.0159. The molecule has 2 fully saturated rings. The minimum atomic E-state index is -0.823. The maximum atomic E-state index is 11.6. The molecule has 0 radical (unpaired) electrons. The molecular formula is C22H35BN2O4. The van der Waals surface area contributed by atoms with Gasteiger partial charge in [-0.2, -0.15) is 0 Å². The van der Waals surface area contributed by atoms with E-state index < -0.39 is 6.09 Å². The van der Waals surface area contributed by atoms with Crippen LogP contribution >= 0.6 is 0 Å². The topological polar surface area (TPSA) is 62.2 Å². The zero-order valence-corrected chi connectivity index (χ0v) is 18.9. The normalized spacial score (nSPS) is 24.7. The highest BCUT2D eigenvalue weighted by atomic mass is 16.7. The quantitative estimate of drug-likeness (QED) is 0.787. The third kappa shape index (κ3) is 4.62. The molecule has 2 aliphatic heterocycles. The molecule has 6 nitrogen and oxygen atoms in total. The summed E-state index contributed by atoms with van der Waals surface area (Å²) >= 11 is 0. The van der Waals surface area contributed by atoms with E-state index in [-0.39, 0.29) is 29.8 Å². The van der Waals surface area contributed by atoms with Crippen molar-refractivity contribution in [3.63, 3.8) is 0 Å². The van der Waals surface area contributed by atoms with Crippen molar-refractivity contribution in [3.05, 3.63) is 29.8 Å². The van der Waals surface area contributed by atoms with E-state index in [0.717, 1.165) is 25.1 Å². The van der Waals surface area contributed by atoms with E-state index in [2.05, 4.69) is 77.6 Å². The van der Waals surface area contributed by atoms with Gasteiger partial charge in [-0.15, -0.1) is 0 Å². The summed E-state index contributed by atoms with van der Waals surface area (Å²) in [6, 6.07) is 8.38.